The molecule has 0 saturated heterocycles. The molecule has 0 aliphatic rings. The molecule has 0 radical (unpaired) electrons. The molecule has 7 nitrogen and oxygen atoms in total. The van der Waals surface area contributed by atoms with E-state index in [-0.39, 0.29) is 16.0 Å². The second-order valence-corrected chi connectivity index (χ2v) is 6.07. The number of rotatable bonds is 4. The van der Waals surface area contributed by atoms with Crippen LogP contribution in [-0.4, -0.2) is 28.5 Å². The van der Waals surface area contributed by atoms with Crippen molar-refractivity contribution in [1.82, 2.24) is 14.3 Å². The van der Waals surface area contributed by atoms with Crippen molar-refractivity contribution in [3.8, 4) is 22.9 Å². The minimum atomic E-state index is -0.316. The van der Waals surface area contributed by atoms with Crippen molar-refractivity contribution in [3.63, 3.8) is 0 Å². The minimum Gasteiger partial charge on any atom is -0.497 e. The third-order valence-electron chi connectivity index (χ3n) is 4.19. The molecule has 8 heteroatoms. The number of fused-ring (bicyclic) bond motifs is 1. The second-order valence-electron chi connectivity index (χ2n) is 5.71. The summed E-state index contributed by atoms with van der Waals surface area (Å²) < 4.78 is 19.2. The summed E-state index contributed by atoms with van der Waals surface area (Å²) in [5.41, 5.74) is 1.24. The predicted molar refractivity (Wildman–Crippen MR) is 103 cm³/mol. The summed E-state index contributed by atoms with van der Waals surface area (Å²) in [6.07, 6.45) is 1.39. The lowest BCUT2D eigenvalue weighted by Gasteiger charge is -2.14. The maximum absolute atomic E-state index is 13.0. The van der Waals surface area contributed by atoms with Gasteiger partial charge in [0.25, 0.3) is 11.3 Å². The third kappa shape index (κ3) is 2.80. The van der Waals surface area contributed by atoms with E-state index < -0.39 is 0 Å². The van der Waals surface area contributed by atoms with Gasteiger partial charge in [-0.2, -0.15) is 0 Å². The molecule has 0 bridgehead atoms. The van der Waals surface area contributed by atoms with Crippen molar-refractivity contribution in [1.29, 1.82) is 0 Å². The van der Waals surface area contributed by atoms with Crippen LogP contribution in [0.4, 0.5) is 0 Å². The summed E-state index contributed by atoms with van der Waals surface area (Å²) in [4.78, 5) is 13.0. The van der Waals surface area contributed by atoms with Crippen molar-refractivity contribution in [2.45, 2.75) is 0 Å². The van der Waals surface area contributed by atoms with Crippen LogP contribution in [0.5, 0.6) is 11.5 Å². The molecule has 0 N–H and O–H groups in total. The van der Waals surface area contributed by atoms with Gasteiger partial charge in [-0.15, -0.1) is 0 Å². The van der Waals surface area contributed by atoms with E-state index >= 15 is 0 Å². The monoisotopic (exact) mass is 381 g/mol. The van der Waals surface area contributed by atoms with Crippen LogP contribution >= 0.6 is 12.2 Å². The quantitative estimate of drug-likeness (QED) is 0.504. The predicted octanol–water partition coefficient (Wildman–Crippen LogP) is 3.52. The van der Waals surface area contributed by atoms with Gasteiger partial charge >= 0.3 is 0 Å². The standard InChI is InChI=1S/C19H15N3O4S/c1-24-14-7-3-5-12(9-14)21-17(23)16-11-20-26-18(16)22(19(21)27)13-6-4-8-15(10-13)25-2/h3-11H,1-2H3. The molecule has 4 aromatic rings. The topological polar surface area (TPSA) is 71.4 Å². The van der Waals surface area contributed by atoms with Gasteiger partial charge in [-0.3, -0.25) is 13.9 Å². The molecule has 0 spiro atoms. The number of hydrogen-bond donors (Lipinski definition) is 0. The zero-order valence-electron chi connectivity index (χ0n) is 14.6. The Balaban J connectivity index is 2.10. The molecular weight excluding hydrogens is 366 g/mol. The maximum atomic E-state index is 13.0. The Kier molecular flexibility index (Phi) is 4.25. The largest absolute Gasteiger partial charge is 0.497 e. The zero-order valence-corrected chi connectivity index (χ0v) is 15.4. The molecule has 0 saturated carbocycles. The summed E-state index contributed by atoms with van der Waals surface area (Å²) in [6.45, 7) is 0. The fourth-order valence-corrected chi connectivity index (χ4v) is 3.27. The molecular formula is C19H15N3O4S. The van der Waals surface area contributed by atoms with Crippen LogP contribution < -0.4 is 15.0 Å². The minimum absolute atomic E-state index is 0.241. The Morgan fingerprint density at radius 2 is 1.56 bits per heavy atom. The molecule has 2 heterocycles. The first-order valence-corrected chi connectivity index (χ1v) is 8.46. The van der Waals surface area contributed by atoms with Crippen molar-refractivity contribution < 1.29 is 14.0 Å². The molecule has 27 heavy (non-hydrogen) atoms. The smallest absolute Gasteiger partial charge is 0.271 e. The molecule has 136 valence electrons. The van der Waals surface area contributed by atoms with E-state index in [0.29, 0.717) is 28.3 Å². The molecule has 2 aromatic carbocycles. The fraction of sp³-hybridized carbons (Fsp3) is 0.105. The van der Waals surface area contributed by atoms with Crippen molar-refractivity contribution in [2.24, 2.45) is 0 Å². The first kappa shape index (κ1) is 17.0. The second kappa shape index (κ2) is 6.73. The van der Waals surface area contributed by atoms with Gasteiger partial charge in [-0.25, -0.2) is 0 Å². The van der Waals surface area contributed by atoms with E-state index in [2.05, 4.69) is 5.16 Å². The van der Waals surface area contributed by atoms with Gasteiger partial charge in [0.15, 0.2) is 4.77 Å². The van der Waals surface area contributed by atoms with Gasteiger partial charge in [0, 0.05) is 12.1 Å². The van der Waals surface area contributed by atoms with Crippen molar-refractivity contribution >= 4 is 23.3 Å². The summed E-state index contributed by atoms with van der Waals surface area (Å²) in [5, 5.41) is 4.10. The highest BCUT2D eigenvalue weighted by molar-refractivity contribution is 7.71. The molecule has 2 aromatic heterocycles. The van der Waals surface area contributed by atoms with Crippen LogP contribution in [0.3, 0.4) is 0 Å². The van der Waals surface area contributed by atoms with Gasteiger partial charge in [0.05, 0.1) is 31.8 Å². The van der Waals surface area contributed by atoms with Gasteiger partial charge < -0.3 is 14.0 Å². The van der Waals surface area contributed by atoms with Gasteiger partial charge in [-0.1, -0.05) is 17.3 Å². The zero-order chi connectivity index (χ0) is 19.0. The molecule has 0 amide bonds. The Bertz CT molecular complexity index is 1260. The Labute approximate surface area is 159 Å². The molecule has 0 aliphatic carbocycles. The Morgan fingerprint density at radius 1 is 0.963 bits per heavy atom. The summed E-state index contributed by atoms with van der Waals surface area (Å²) in [5.74, 6) is 1.27. The number of ether oxygens (including phenoxy) is 2. The van der Waals surface area contributed by atoms with Gasteiger partial charge in [0.2, 0.25) is 0 Å². The van der Waals surface area contributed by atoms with Crippen molar-refractivity contribution in [2.75, 3.05) is 14.2 Å². The number of hydrogen-bond acceptors (Lipinski definition) is 6. The van der Waals surface area contributed by atoms with E-state index in [1.54, 1.807) is 49.1 Å². The maximum Gasteiger partial charge on any atom is 0.271 e. The van der Waals surface area contributed by atoms with Crippen LogP contribution in [0.15, 0.2) is 64.0 Å². The average molecular weight is 381 g/mol. The first-order chi connectivity index (χ1) is 13.1. The van der Waals surface area contributed by atoms with E-state index in [0.717, 1.165) is 0 Å². The third-order valence-corrected chi connectivity index (χ3v) is 4.56. The molecule has 0 unspecified atom stereocenters. The van der Waals surface area contributed by atoms with Crippen LogP contribution in [0.2, 0.25) is 0 Å². The number of benzene rings is 2. The van der Waals surface area contributed by atoms with E-state index in [4.69, 9.17) is 26.2 Å². The summed E-state index contributed by atoms with van der Waals surface area (Å²) in [6, 6.07) is 14.4. The molecule has 0 atom stereocenters. The van der Waals surface area contributed by atoms with Crippen LogP contribution in [-0.2, 0) is 0 Å². The van der Waals surface area contributed by atoms with Gasteiger partial charge in [0.1, 0.15) is 16.9 Å². The van der Waals surface area contributed by atoms with Crippen LogP contribution in [0, 0.1) is 4.77 Å². The lowest BCUT2D eigenvalue weighted by atomic mass is 10.2. The van der Waals surface area contributed by atoms with E-state index in [9.17, 15) is 4.79 Å². The van der Waals surface area contributed by atoms with Crippen LogP contribution in [0.25, 0.3) is 22.5 Å². The lowest BCUT2D eigenvalue weighted by molar-refractivity contribution is 0.414. The fourth-order valence-electron chi connectivity index (χ4n) is 2.89. The summed E-state index contributed by atoms with van der Waals surface area (Å²) >= 11 is 5.65. The summed E-state index contributed by atoms with van der Waals surface area (Å²) in [7, 11) is 3.15. The SMILES string of the molecule is COc1cccc(-n2c(=O)c3cnoc3n(-c3cccc(OC)c3)c2=S)c1. The normalized spacial score (nSPS) is 10.9. The Morgan fingerprint density at radius 3 is 2.15 bits per heavy atom. The van der Waals surface area contributed by atoms with E-state index in [1.807, 2.05) is 18.2 Å². The number of aromatic nitrogens is 3. The highest BCUT2D eigenvalue weighted by Crippen LogP contribution is 2.23. The first-order valence-electron chi connectivity index (χ1n) is 8.05. The number of nitrogens with zero attached hydrogens (tertiary/aromatic N) is 3. The highest BCUT2D eigenvalue weighted by Gasteiger charge is 2.17. The molecule has 0 fully saturated rings. The Hall–Kier alpha value is -3.39. The molecule has 4 rings (SSSR count). The molecule has 0 aliphatic heterocycles. The van der Waals surface area contributed by atoms with E-state index in [1.165, 1.54) is 10.8 Å². The van der Waals surface area contributed by atoms with Crippen LogP contribution in [0.1, 0.15) is 0 Å². The highest BCUT2D eigenvalue weighted by atomic mass is 32.1. The average Bonchev–Trinajstić information content (AvgIpc) is 3.18. The van der Waals surface area contributed by atoms with Gasteiger partial charge in [-0.05, 0) is 36.5 Å². The number of methoxy groups -OCH3 is 2. The van der Waals surface area contributed by atoms with Crippen molar-refractivity contribution in [3.05, 3.63) is 69.9 Å². The lowest BCUT2D eigenvalue weighted by Crippen LogP contribution is -2.23.